The van der Waals surface area contributed by atoms with Gasteiger partial charge in [-0.15, -0.1) is 11.8 Å². The molecule has 2 nitrogen and oxygen atoms in total. The van der Waals surface area contributed by atoms with Crippen LogP contribution in [0.3, 0.4) is 0 Å². The van der Waals surface area contributed by atoms with E-state index in [-0.39, 0.29) is 10.8 Å². The lowest BCUT2D eigenvalue weighted by atomic mass is 10.2. The van der Waals surface area contributed by atoms with E-state index < -0.39 is 0 Å². The van der Waals surface area contributed by atoms with E-state index in [2.05, 4.69) is 0 Å². The molecule has 0 amide bonds. The van der Waals surface area contributed by atoms with Crippen molar-refractivity contribution < 1.29 is 4.79 Å². The minimum Gasteiger partial charge on any atom is -0.300 e. The normalized spacial score (nSPS) is 17.1. The molecule has 3 rings (SSSR count). The average Bonchev–Trinajstić information content (AvgIpc) is 3.10. The first-order valence-electron chi connectivity index (χ1n) is 6.30. The van der Waals surface area contributed by atoms with Gasteiger partial charge in [0.15, 0.2) is 0 Å². The number of halogens is 1. The molecule has 0 atom stereocenters. The Hall–Kier alpha value is -1.49. The van der Waals surface area contributed by atoms with Gasteiger partial charge >= 0.3 is 0 Å². The lowest BCUT2D eigenvalue weighted by molar-refractivity contribution is -0.111. The highest BCUT2D eigenvalue weighted by atomic mass is 35.5. The number of nitrogens with zero attached hydrogens (tertiary/aromatic N) is 1. The van der Waals surface area contributed by atoms with E-state index in [0.29, 0.717) is 5.70 Å². The number of carbonyl (C=O) groups is 1. The van der Waals surface area contributed by atoms with Crippen LogP contribution in [0, 0.1) is 0 Å². The molecule has 1 aromatic carbocycles. The standard InChI is InChI=1S/C16H12ClNOS2/c1-20-16-14(17)15(19)13(9-11-7-8-21-10-11)18(16)12-5-3-2-4-6-12/h2-10H,1H3/b13-9+. The number of ketones is 1. The van der Waals surface area contributed by atoms with E-state index in [0.717, 1.165) is 16.3 Å². The van der Waals surface area contributed by atoms with E-state index in [1.165, 1.54) is 11.8 Å². The highest BCUT2D eigenvalue weighted by Gasteiger charge is 2.34. The predicted octanol–water partition coefficient (Wildman–Crippen LogP) is 4.95. The Morgan fingerprint density at radius 1 is 1.24 bits per heavy atom. The summed E-state index contributed by atoms with van der Waals surface area (Å²) in [7, 11) is 0. The number of benzene rings is 1. The van der Waals surface area contributed by atoms with Crippen molar-refractivity contribution in [2.45, 2.75) is 0 Å². The van der Waals surface area contributed by atoms with Gasteiger partial charge in [0.25, 0.3) is 0 Å². The lowest BCUT2D eigenvalue weighted by Gasteiger charge is -2.22. The molecule has 5 heteroatoms. The topological polar surface area (TPSA) is 20.3 Å². The third kappa shape index (κ3) is 2.67. The van der Waals surface area contributed by atoms with Crippen LogP contribution in [0.1, 0.15) is 5.56 Å². The molecule has 21 heavy (non-hydrogen) atoms. The fraction of sp³-hybridized carbons (Fsp3) is 0.0625. The van der Waals surface area contributed by atoms with Crippen molar-refractivity contribution >= 4 is 52.2 Å². The summed E-state index contributed by atoms with van der Waals surface area (Å²) in [5.74, 6) is -0.129. The van der Waals surface area contributed by atoms with E-state index in [1.807, 2.05) is 64.4 Å². The molecule has 0 N–H and O–H groups in total. The Morgan fingerprint density at radius 2 is 2.00 bits per heavy atom. The van der Waals surface area contributed by atoms with Crippen LogP contribution < -0.4 is 4.90 Å². The minimum absolute atomic E-state index is 0.129. The quantitative estimate of drug-likeness (QED) is 0.741. The molecule has 1 aliphatic rings. The molecule has 106 valence electrons. The van der Waals surface area contributed by atoms with E-state index >= 15 is 0 Å². The Morgan fingerprint density at radius 3 is 2.62 bits per heavy atom. The first kappa shape index (κ1) is 14.4. The van der Waals surface area contributed by atoms with Crippen molar-refractivity contribution in [2.75, 3.05) is 11.2 Å². The zero-order valence-electron chi connectivity index (χ0n) is 11.2. The van der Waals surface area contributed by atoms with Crippen LogP contribution in [0.5, 0.6) is 0 Å². The number of hydrogen-bond donors (Lipinski definition) is 0. The molecule has 0 radical (unpaired) electrons. The van der Waals surface area contributed by atoms with Gasteiger partial charge in [-0.25, -0.2) is 0 Å². The number of allylic oxidation sites excluding steroid dienone is 1. The average molecular weight is 334 g/mol. The zero-order valence-corrected chi connectivity index (χ0v) is 13.6. The smallest absolute Gasteiger partial charge is 0.223 e. The van der Waals surface area contributed by atoms with Gasteiger partial charge in [0.05, 0.1) is 5.70 Å². The number of rotatable bonds is 3. The van der Waals surface area contributed by atoms with Gasteiger partial charge in [-0.1, -0.05) is 29.8 Å². The van der Waals surface area contributed by atoms with Gasteiger partial charge in [0, 0.05) is 5.69 Å². The van der Waals surface area contributed by atoms with Crippen LogP contribution in [0.2, 0.25) is 0 Å². The van der Waals surface area contributed by atoms with E-state index in [9.17, 15) is 4.79 Å². The van der Waals surface area contributed by atoms with Crippen molar-refractivity contribution in [1.82, 2.24) is 0 Å². The third-order valence-corrected chi connectivity index (χ3v) is 5.06. The fourth-order valence-corrected chi connectivity index (χ4v) is 3.87. The fourth-order valence-electron chi connectivity index (χ4n) is 2.18. The second-order valence-electron chi connectivity index (χ2n) is 4.41. The molecule has 0 fully saturated rings. The largest absolute Gasteiger partial charge is 0.300 e. The van der Waals surface area contributed by atoms with Gasteiger partial charge in [-0.3, -0.25) is 9.69 Å². The van der Waals surface area contributed by atoms with Gasteiger partial charge in [-0.2, -0.15) is 11.3 Å². The first-order chi connectivity index (χ1) is 10.2. The summed E-state index contributed by atoms with van der Waals surface area (Å²) in [4.78, 5) is 14.4. The van der Waals surface area contributed by atoms with Crippen molar-refractivity contribution in [3.05, 3.63) is 68.5 Å². The second-order valence-corrected chi connectivity index (χ2v) is 6.36. The SMILES string of the molecule is CSC1=C(Cl)C(=O)/C(=C\c2ccsc2)N1c1ccccc1. The molecule has 0 aliphatic carbocycles. The summed E-state index contributed by atoms with van der Waals surface area (Å²) < 4.78 is 0. The number of thioether (sulfide) groups is 1. The van der Waals surface area contributed by atoms with Crippen LogP contribution in [0.25, 0.3) is 6.08 Å². The van der Waals surface area contributed by atoms with Crippen LogP contribution in [0.4, 0.5) is 5.69 Å². The van der Waals surface area contributed by atoms with Crippen LogP contribution >= 0.6 is 34.7 Å². The summed E-state index contributed by atoms with van der Waals surface area (Å²) in [6.45, 7) is 0. The van der Waals surface area contributed by atoms with Gasteiger partial charge in [0.2, 0.25) is 5.78 Å². The predicted molar refractivity (Wildman–Crippen MR) is 92.6 cm³/mol. The van der Waals surface area contributed by atoms with Gasteiger partial charge < -0.3 is 0 Å². The second kappa shape index (κ2) is 6.10. The van der Waals surface area contributed by atoms with Crippen molar-refractivity contribution in [1.29, 1.82) is 0 Å². The molecule has 2 heterocycles. The molecular formula is C16H12ClNOS2. The van der Waals surface area contributed by atoms with E-state index in [1.54, 1.807) is 11.3 Å². The van der Waals surface area contributed by atoms with Crippen molar-refractivity contribution in [3.8, 4) is 0 Å². The monoisotopic (exact) mass is 333 g/mol. The van der Waals surface area contributed by atoms with Crippen LogP contribution in [-0.2, 0) is 4.79 Å². The third-order valence-electron chi connectivity index (χ3n) is 3.12. The number of carbonyl (C=O) groups excluding carboxylic acids is 1. The summed E-state index contributed by atoms with van der Waals surface area (Å²) in [6.07, 6.45) is 3.81. The Kier molecular flexibility index (Phi) is 4.19. The van der Waals surface area contributed by atoms with Crippen molar-refractivity contribution in [2.24, 2.45) is 0 Å². The Bertz CT molecular complexity index is 720. The number of Topliss-reactive ketones (excluding diaryl/α,β-unsaturated/α-hetero) is 1. The van der Waals surface area contributed by atoms with Gasteiger partial charge in [0.1, 0.15) is 10.1 Å². The summed E-state index contributed by atoms with van der Waals surface area (Å²) in [5.41, 5.74) is 2.54. The molecule has 0 saturated carbocycles. The lowest BCUT2D eigenvalue weighted by Crippen LogP contribution is -2.17. The number of anilines is 1. The molecule has 0 unspecified atom stereocenters. The molecule has 1 aromatic heterocycles. The van der Waals surface area contributed by atoms with Crippen molar-refractivity contribution in [3.63, 3.8) is 0 Å². The zero-order chi connectivity index (χ0) is 14.8. The first-order valence-corrected chi connectivity index (χ1v) is 8.84. The number of thiophene rings is 1. The maximum absolute atomic E-state index is 12.5. The highest BCUT2D eigenvalue weighted by molar-refractivity contribution is 8.02. The maximum Gasteiger partial charge on any atom is 0.223 e. The summed E-state index contributed by atoms with van der Waals surface area (Å²) >= 11 is 9.32. The number of para-hydroxylation sites is 1. The van der Waals surface area contributed by atoms with Crippen LogP contribution in [0.15, 0.2) is 62.9 Å². The van der Waals surface area contributed by atoms with Gasteiger partial charge in [-0.05, 0) is 46.9 Å². The molecular weight excluding hydrogens is 322 g/mol. The summed E-state index contributed by atoms with van der Waals surface area (Å²) in [6, 6.07) is 11.8. The molecule has 0 saturated heterocycles. The maximum atomic E-state index is 12.5. The molecule has 2 aromatic rings. The molecule has 0 spiro atoms. The Balaban J connectivity index is 2.13. The molecule has 0 bridgehead atoms. The summed E-state index contributed by atoms with van der Waals surface area (Å²) in [5, 5.41) is 5.06. The van der Waals surface area contributed by atoms with Crippen LogP contribution in [-0.4, -0.2) is 12.0 Å². The Labute approximate surface area is 136 Å². The van der Waals surface area contributed by atoms with E-state index in [4.69, 9.17) is 11.6 Å². The number of hydrogen-bond acceptors (Lipinski definition) is 4. The molecule has 1 aliphatic heterocycles. The minimum atomic E-state index is -0.129. The highest BCUT2D eigenvalue weighted by Crippen LogP contribution is 2.41.